The summed E-state index contributed by atoms with van der Waals surface area (Å²) in [7, 11) is 0.886. The molecule has 6 nitrogen and oxygen atoms in total. The average molecular weight is 381 g/mol. The summed E-state index contributed by atoms with van der Waals surface area (Å²) >= 11 is 0. The van der Waals surface area contributed by atoms with E-state index >= 15 is 0 Å². The molecule has 12 heteroatoms. The van der Waals surface area contributed by atoms with Gasteiger partial charge in [-0.15, -0.1) is 0 Å². The number of esters is 2. The first kappa shape index (κ1) is 23.0. The first-order valence-electron chi connectivity index (χ1n) is 6.96. The Balaban J connectivity index is 5.61. The zero-order chi connectivity index (χ0) is 20.0. The largest absolute Gasteiger partial charge is 0.490 e. The third-order valence-corrected chi connectivity index (χ3v) is 3.30. The van der Waals surface area contributed by atoms with Gasteiger partial charge in [0.2, 0.25) is 0 Å². The molecule has 0 aliphatic rings. The molecule has 0 aromatic heterocycles. The van der Waals surface area contributed by atoms with Gasteiger partial charge in [0.25, 0.3) is 0 Å². The van der Waals surface area contributed by atoms with Crippen LogP contribution in [0.25, 0.3) is 0 Å². The van der Waals surface area contributed by atoms with E-state index in [1.165, 1.54) is 19.2 Å². The highest BCUT2D eigenvalue weighted by Gasteiger charge is 2.46. The third kappa shape index (κ3) is 7.61. The number of alkyl halides is 6. The van der Waals surface area contributed by atoms with Crippen LogP contribution in [0.4, 0.5) is 26.3 Å². The molecule has 0 unspecified atom stereocenters. The molecule has 0 saturated carbocycles. The quantitative estimate of drug-likeness (QED) is 0.540. The van der Waals surface area contributed by atoms with Crippen LogP contribution >= 0.6 is 0 Å². The smallest absolute Gasteiger partial charge is 0.469 e. The van der Waals surface area contributed by atoms with Crippen molar-refractivity contribution in [3.63, 3.8) is 0 Å². The van der Waals surface area contributed by atoms with Crippen LogP contribution in [-0.2, 0) is 23.9 Å². The number of hydrogen-bond acceptors (Lipinski definition) is 5. The van der Waals surface area contributed by atoms with Crippen molar-refractivity contribution in [1.29, 1.82) is 0 Å². The zero-order valence-electron chi connectivity index (χ0n) is 13.5. The number of ether oxygens (including phenoxy) is 2. The lowest BCUT2D eigenvalue weighted by molar-refractivity contribution is -0.208. The van der Waals surface area contributed by atoms with E-state index in [9.17, 15) is 40.7 Å². The van der Waals surface area contributed by atoms with E-state index in [1.807, 2.05) is 0 Å². The molecule has 0 saturated heterocycles. The van der Waals surface area contributed by atoms with Gasteiger partial charge in [-0.1, -0.05) is 20.3 Å². The summed E-state index contributed by atoms with van der Waals surface area (Å²) in [5.74, 6) is -7.11. The first-order chi connectivity index (χ1) is 11.2. The fourth-order valence-corrected chi connectivity index (χ4v) is 1.78. The maximum absolute atomic E-state index is 12.4. The molecule has 146 valence electrons. The van der Waals surface area contributed by atoms with E-state index in [1.54, 1.807) is 0 Å². The molecule has 0 aromatic rings. The number of rotatable bonds is 7. The Labute approximate surface area is 138 Å². The minimum absolute atomic E-state index is 0.115. The summed E-state index contributed by atoms with van der Waals surface area (Å²) in [5.41, 5.74) is 0. The normalized spacial score (nSPS) is 15.7. The summed E-state index contributed by atoms with van der Waals surface area (Å²) in [6.45, 7) is 2.80. The number of halogens is 6. The molecule has 0 spiro atoms. The Morgan fingerprint density at radius 2 is 1.56 bits per heavy atom. The van der Waals surface area contributed by atoms with Gasteiger partial charge in [0, 0.05) is 0 Å². The van der Waals surface area contributed by atoms with Gasteiger partial charge in [0.15, 0.2) is 0 Å². The number of carbonyl (C=O) groups is 3. The van der Waals surface area contributed by atoms with Gasteiger partial charge in [-0.05, 0) is 5.92 Å². The van der Waals surface area contributed by atoms with Crippen molar-refractivity contribution in [3.8, 4) is 0 Å². The summed E-state index contributed by atoms with van der Waals surface area (Å²) in [6, 6.07) is -1.69. The van der Waals surface area contributed by atoms with Gasteiger partial charge in [0.05, 0.1) is 19.6 Å². The van der Waals surface area contributed by atoms with Crippen LogP contribution in [0, 0.1) is 5.92 Å². The second kappa shape index (κ2) is 8.90. The van der Waals surface area contributed by atoms with Gasteiger partial charge in [-0.3, -0.25) is 9.59 Å². The number of methoxy groups -OCH3 is 1. The van der Waals surface area contributed by atoms with Crippen LogP contribution in [-0.4, -0.2) is 49.5 Å². The van der Waals surface area contributed by atoms with Gasteiger partial charge < -0.3 is 14.8 Å². The Kier molecular flexibility index (Phi) is 8.19. The minimum atomic E-state index is -5.43. The highest BCUT2D eigenvalue weighted by Crippen LogP contribution is 2.24. The molecule has 0 bridgehead atoms. The van der Waals surface area contributed by atoms with Gasteiger partial charge in [-0.2, -0.15) is 26.3 Å². The minimum Gasteiger partial charge on any atom is -0.469 e. The molecular weight excluding hydrogens is 364 g/mol. The fraction of sp³-hybridized carbons (Fsp3) is 0.769. The second-order valence-corrected chi connectivity index (χ2v) is 5.10. The van der Waals surface area contributed by atoms with Crippen LogP contribution in [0.3, 0.4) is 0 Å². The fourth-order valence-electron chi connectivity index (χ4n) is 1.78. The van der Waals surface area contributed by atoms with Gasteiger partial charge in [-0.25, -0.2) is 4.79 Å². The summed E-state index contributed by atoms with van der Waals surface area (Å²) in [4.78, 5) is 33.5. The first-order valence-corrected chi connectivity index (χ1v) is 6.96. The van der Waals surface area contributed by atoms with Crippen LogP contribution in [0.1, 0.15) is 26.7 Å². The second-order valence-electron chi connectivity index (χ2n) is 5.10. The predicted octanol–water partition coefficient (Wildman–Crippen LogP) is 2.12. The van der Waals surface area contributed by atoms with Crippen molar-refractivity contribution in [1.82, 2.24) is 5.32 Å². The lowest BCUT2D eigenvalue weighted by Crippen LogP contribution is -2.53. The van der Waals surface area contributed by atoms with Crippen LogP contribution in [0.2, 0.25) is 0 Å². The SMILES string of the molecule is CC[C@H](C)[C@@H](NC(=O)C(F)(F)F)[C@H](CC(=O)OC)OC(=O)C(F)(F)F. The van der Waals surface area contributed by atoms with E-state index in [0.29, 0.717) is 0 Å². The molecule has 1 N–H and O–H groups in total. The number of nitrogens with one attached hydrogen (secondary N) is 1. The van der Waals surface area contributed by atoms with Crippen LogP contribution in [0.5, 0.6) is 0 Å². The van der Waals surface area contributed by atoms with Crippen LogP contribution < -0.4 is 5.32 Å². The van der Waals surface area contributed by atoms with E-state index in [0.717, 1.165) is 7.11 Å². The molecule has 3 atom stereocenters. The monoisotopic (exact) mass is 381 g/mol. The van der Waals surface area contributed by atoms with Crippen molar-refractivity contribution >= 4 is 17.8 Å². The highest BCUT2D eigenvalue weighted by molar-refractivity contribution is 5.82. The summed E-state index contributed by atoms with van der Waals surface area (Å²) in [6.07, 6.45) is -13.6. The van der Waals surface area contributed by atoms with Crippen molar-refractivity contribution in [3.05, 3.63) is 0 Å². The van der Waals surface area contributed by atoms with Crippen molar-refractivity contribution in [2.24, 2.45) is 5.92 Å². The zero-order valence-corrected chi connectivity index (χ0v) is 13.5. The molecule has 0 heterocycles. The molecule has 25 heavy (non-hydrogen) atoms. The van der Waals surface area contributed by atoms with E-state index < -0.39 is 54.7 Å². The van der Waals surface area contributed by atoms with Gasteiger partial charge >= 0.3 is 30.2 Å². The Bertz CT molecular complexity index is 490. The maximum Gasteiger partial charge on any atom is 0.490 e. The number of amides is 1. The number of hydrogen-bond donors (Lipinski definition) is 1. The van der Waals surface area contributed by atoms with Crippen LogP contribution in [0.15, 0.2) is 0 Å². The standard InChI is InChI=1S/C13H17F6NO5/c1-4-6(2)9(20-10(22)12(14,15)16)7(5-8(21)24-3)25-11(23)13(17,18)19/h6-7,9H,4-5H2,1-3H3,(H,20,22)/t6-,7-,9+/m0/s1. The molecule has 0 aromatic carbocycles. The molecule has 1 amide bonds. The molecule has 0 fully saturated rings. The van der Waals surface area contributed by atoms with E-state index in [-0.39, 0.29) is 6.42 Å². The van der Waals surface area contributed by atoms with Crippen molar-refractivity contribution < 1.29 is 50.2 Å². The third-order valence-electron chi connectivity index (χ3n) is 3.30. The lowest BCUT2D eigenvalue weighted by Gasteiger charge is -2.31. The topological polar surface area (TPSA) is 81.7 Å². The van der Waals surface area contributed by atoms with E-state index in [2.05, 4.69) is 9.47 Å². The molecule has 0 radical (unpaired) electrons. The van der Waals surface area contributed by atoms with Gasteiger partial charge in [0.1, 0.15) is 6.10 Å². The summed E-state index contributed by atoms with van der Waals surface area (Å²) < 4.78 is 82.8. The van der Waals surface area contributed by atoms with E-state index in [4.69, 9.17) is 0 Å². The highest BCUT2D eigenvalue weighted by atomic mass is 19.4. The molecule has 0 aliphatic heterocycles. The molecule has 0 aliphatic carbocycles. The molecule has 0 rings (SSSR count). The Hall–Kier alpha value is -2.01. The maximum atomic E-state index is 12.4. The van der Waals surface area contributed by atoms with Crippen molar-refractivity contribution in [2.45, 2.75) is 51.2 Å². The van der Waals surface area contributed by atoms with Crippen molar-refractivity contribution in [2.75, 3.05) is 7.11 Å². The predicted molar refractivity (Wildman–Crippen MR) is 70.0 cm³/mol. The Morgan fingerprint density at radius 1 is 1.04 bits per heavy atom. The number of carbonyl (C=O) groups excluding carboxylic acids is 3. The summed E-state index contributed by atoms with van der Waals surface area (Å²) in [5, 5.41) is 1.48. The lowest BCUT2D eigenvalue weighted by atomic mass is 9.92. The molecular formula is C13H17F6NO5. The Morgan fingerprint density at radius 3 is 1.92 bits per heavy atom. The average Bonchev–Trinajstić information content (AvgIpc) is 2.48.